The molecule has 0 bridgehead atoms. The molecule has 0 atom stereocenters. The summed E-state index contributed by atoms with van der Waals surface area (Å²) in [5.41, 5.74) is 3.48. The van der Waals surface area contributed by atoms with Crippen LogP contribution in [0.25, 0.3) is 0 Å². The predicted molar refractivity (Wildman–Crippen MR) is 107 cm³/mol. The zero-order chi connectivity index (χ0) is 18.0. The molecule has 4 nitrogen and oxygen atoms in total. The number of thioether (sulfide) groups is 1. The summed E-state index contributed by atoms with van der Waals surface area (Å²) in [6, 6.07) is 16.6. The molecular weight excluding hydrogens is 340 g/mol. The number of rotatable bonds is 9. The molecule has 3 aromatic rings. The van der Waals surface area contributed by atoms with Crippen LogP contribution >= 0.6 is 11.8 Å². The molecule has 0 spiro atoms. The van der Waals surface area contributed by atoms with Crippen LogP contribution in [0.15, 0.2) is 72.3 Å². The summed E-state index contributed by atoms with van der Waals surface area (Å²) < 4.78 is 0. The van der Waals surface area contributed by atoms with E-state index in [2.05, 4.69) is 57.1 Å². The first kappa shape index (κ1) is 18.5. The molecule has 3 rings (SSSR count). The van der Waals surface area contributed by atoms with E-state index in [-0.39, 0.29) is 0 Å². The molecule has 0 fully saturated rings. The average Bonchev–Trinajstić information content (AvgIpc) is 2.69. The normalized spacial score (nSPS) is 11.0. The molecule has 134 valence electrons. The molecule has 0 amide bonds. The minimum Gasteiger partial charge on any atom is -0.289 e. The zero-order valence-corrected chi connectivity index (χ0v) is 15.9. The van der Waals surface area contributed by atoms with E-state index in [0.29, 0.717) is 0 Å². The third-order valence-electron chi connectivity index (χ3n) is 3.88. The quantitative estimate of drug-likeness (QED) is 0.411. The summed E-state index contributed by atoms with van der Waals surface area (Å²) in [7, 11) is 0. The average molecular weight is 365 g/mol. The molecule has 0 aliphatic rings. The van der Waals surface area contributed by atoms with Gasteiger partial charge in [0, 0.05) is 49.5 Å². The third kappa shape index (κ3) is 5.93. The lowest BCUT2D eigenvalue weighted by atomic mass is 10.2. The number of aromatic nitrogens is 3. The summed E-state index contributed by atoms with van der Waals surface area (Å²) in [6.07, 6.45) is 6.87. The summed E-state index contributed by atoms with van der Waals surface area (Å²) >= 11 is 1.71. The SMILES string of the molecule is CCCSc1ncc(CN(Cc2ccccc2)Cc2ccccn2)cn1. The van der Waals surface area contributed by atoms with Crippen LogP contribution in [0, 0.1) is 0 Å². The third-order valence-corrected chi connectivity index (χ3v) is 4.97. The van der Waals surface area contributed by atoms with Gasteiger partial charge in [0.1, 0.15) is 0 Å². The van der Waals surface area contributed by atoms with Crippen LogP contribution in [0.1, 0.15) is 30.2 Å². The van der Waals surface area contributed by atoms with E-state index in [9.17, 15) is 0 Å². The molecule has 0 N–H and O–H groups in total. The van der Waals surface area contributed by atoms with Gasteiger partial charge in [0.25, 0.3) is 0 Å². The molecule has 5 heteroatoms. The second-order valence-corrected chi connectivity index (χ2v) is 7.24. The Morgan fingerprint density at radius 1 is 0.808 bits per heavy atom. The van der Waals surface area contributed by atoms with Crippen LogP contribution in [0.3, 0.4) is 0 Å². The number of hydrogen-bond acceptors (Lipinski definition) is 5. The maximum atomic E-state index is 4.49. The Morgan fingerprint density at radius 2 is 1.54 bits per heavy atom. The molecule has 26 heavy (non-hydrogen) atoms. The first-order chi connectivity index (χ1) is 12.8. The first-order valence-corrected chi connectivity index (χ1v) is 9.92. The van der Waals surface area contributed by atoms with Crippen molar-refractivity contribution in [2.45, 2.75) is 38.1 Å². The summed E-state index contributed by atoms with van der Waals surface area (Å²) in [6.45, 7) is 4.62. The molecule has 2 heterocycles. The van der Waals surface area contributed by atoms with Crippen LogP contribution in [-0.4, -0.2) is 25.6 Å². The molecule has 0 saturated carbocycles. The van der Waals surface area contributed by atoms with Crippen molar-refractivity contribution >= 4 is 11.8 Å². The van der Waals surface area contributed by atoms with Gasteiger partial charge in [-0.1, -0.05) is 55.1 Å². The molecular formula is C21H24N4S. The highest BCUT2D eigenvalue weighted by Crippen LogP contribution is 2.15. The van der Waals surface area contributed by atoms with Crippen molar-refractivity contribution < 1.29 is 0 Å². The fourth-order valence-electron chi connectivity index (χ4n) is 2.68. The van der Waals surface area contributed by atoms with Crippen molar-refractivity contribution in [1.29, 1.82) is 0 Å². The highest BCUT2D eigenvalue weighted by Gasteiger charge is 2.10. The van der Waals surface area contributed by atoms with Gasteiger partial charge in [-0.2, -0.15) is 0 Å². The van der Waals surface area contributed by atoms with Gasteiger partial charge in [-0.3, -0.25) is 9.88 Å². The van der Waals surface area contributed by atoms with Crippen LogP contribution in [0.4, 0.5) is 0 Å². The Kier molecular flexibility index (Phi) is 7.16. The summed E-state index contributed by atoms with van der Waals surface area (Å²) in [4.78, 5) is 15.8. The lowest BCUT2D eigenvalue weighted by Gasteiger charge is -2.22. The molecule has 0 saturated heterocycles. The minimum atomic E-state index is 0.794. The predicted octanol–water partition coefficient (Wildman–Crippen LogP) is 4.58. The van der Waals surface area contributed by atoms with E-state index in [0.717, 1.165) is 48.2 Å². The maximum absolute atomic E-state index is 4.49. The number of nitrogens with zero attached hydrogens (tertiary/aromatic N) is 4. The van der Waals surface area contributed by atoms with Gasteiger partial charge in [0.15, 0.2) is 5.16 Å². The zero-order valence-electron chi connectivity index (χ0n) is 15.1. The van der Waals surface area contributed by atoms with Crippen LogP contribution < -0.4 is 0 Å². The summed E-state index contributed by atoms with van der Waals surface area (Å²) in [5.74, 6) is 1.05. The Bertz CT molecular complexity index is 722. The topological polar surface area (TPSA) is 41.9 Å². The second-order valence-electron chi connectivity index (χ2n) is 6.17. The lowest BCUT2D eigenvalue weighted by molar-refractivity contribution is 0.244. The van der Waals surface area contributed by atoms with Gasteiger partial charge in [-0.05, 0) is 24.1 Å². The van der Waals surface area contributed by atoms with Gasteiger partial charge >= 0.3 is 0 Å². The molecule has 0 radical (unpaired) electrons. The fraction of sp³-hybridized carbons (Fsp3) is 0.286. The van der Waals surface area contributed by atoms with Crippen molar-refractivity contribution in [3.63, 3.8) is 0 Å². The van der Waals surface area contributed by atoms with Gasteiger partial charge in [0.2, 0.25) is 0 Å². The van der Waals surface area contributed by atoms with E-state index >= 15 is 0 Å². The Labute approximate surface area is 159 Å². The largest absolute Gasteiger partial charge is 0.289 e. The Morgan fingerprint density at radius 3 is 2.23 bits per heavy atom. The molecule has 0 aliphatic heterocycles. The van der Waals surface area contributed by atoms with Crippen molar-refractivity contribution in [3.05, 3.63) is 83.9 Å². The molecule has 0 unspecified atom stereocenters. The molecule has 1 aromatic carbocycles. The van der Waals surface area contributed by atoms with E-state index in [1.807, 2.05) is 36.8 Å². The fourth-order valence-corrected chi connectivity index (χ4v) is 3.32. The van der Waals surface area contributed by atoms with Gasteiger partial charge in [-0.25, -0.2) is 9.97 Å². The lowest BCUT2D eigenvalue weighted by Crippen LogP contribution is -2.23. The molecule has 2 aromatic heterocycles. The van der Waals surface area contributed by atoms with Gasteiger partial charge < -0.3 is 0 Å². The minimum absolute atomic E-state index is 0.794. The standard InChI is InChI=1S/C21H24N4S/c1-2-12-26-21-23-13-19(14-24-21)16-25(15-18-8-4-3-5-9-18)17-20-10-6-7-11-22-20/h3-11,13-14H,2,12,15-17H2,1H3. The monoisotopic (exact) mass is 364 g/mol. The van der Waals surface area contributed by atoms with Crippen molar-refractivity contribution in [2.75, 3.05) is 5.75 Å². The van der Waals surface area contributed by atoms with Crippen LogP contribution in [0.2, 0.25) is 0 Å². The highest BCUT2D eigenvalue weighted by molar-refractivity contribution is 7.99. The smallest absolute Gasteiger partial charge is 0.187 e. The van der Waals surface area contributed by atoms with Gasteiger partial charge in [-0.15, -0.1) is 0 Å². The number of pyridine rings is 1. The van der Waals surface area contributed by atoms with E-state index < -0.39 is 0 Å². The van der Waals surface area contributed by atoms with Crippen LogP contribution in [0.5, 0.6) is 0 Å². The number of benzene rings is 1. The maximum Gasteiger partial charge on any atom is 0.187 e. The van der Waals surface area contributed by atoms with Crippen molar-refractivity contribution in [1.82, 2.24) is 19.9 Å². The van der Waals surface area contributed by atoms with Crippen molar-refractivity contribution in [2.24, 2.45) is 0 Å². The van der Waals surface area contributed by atoms with E-state index in [1.54, 1.807) is 11.8 Å². The first-order valence-electron chi connectivity index (χ1n) is 8.93. The highest BCUT2D eigenvalue weighted by atomic mass is 32.2. The van der Waals surface area contributed by atoms with E-state index in [4.69, 9.17) is 0 Å². The van der Waals surface area contributed by atoms with Crippen LogP contribution in [-0.2, 0) is 19.6 Å². The van der Waals surface area contributed by atoms with Crippen molar-refractivity contribution in [3.8, 4) is 0 Å². The number of hydrogen-bond donors (Lipinski definition) is 0. The molecule has 0 aliphatic carbocycles. The van der Waals surface area contributed by atoms with Gasteiger partial charge in [0.05, 0.1) is 5.69 Å². The second kappa shape index (κ2) is 10.0. The Hall–Kier alpha value is -2.24. The van der Waals surface area contributed by atoms with E-state index in [1.165, 1.54) is 5.56 Å². The Balaban J connectivity index is 1.70. The summed E-state index contributed by atoms with van der Waals surface area (Å²) in [5, 5.41) is 0.856.